The van der Waals surface area contributed by atoms with Crippen molar-refractivity contribution < 1.29 is 9.84 Å². The minimum atomic E-state index is -0.454. The van der Waals surface area contributed by atoms with Gasteiger partial charge in [0.15, 0.2) is 6.29 Å². The topological polar surface area (TPSA) is 78.2 Å². The van der Waals surface area contributed by atoms with Crippen molar-refractivity contribution in [3.8, 4) is 24.7 Å². The Morgan fingerprint density at radius 3 is 1.73 bits per heavy atom. The Morgan fingerprint density at radius 1 is 0.731 bits per heavy atom. The highest BCUT2D eigenvalue weighted by atomic mass is 16.6. The lowest BCUT2D eigenvalue weighted by atomic mass is 9.47. The highest BCUT2D eigenvalue weighted by Crippen LogP contribution is 2.68. The molecule has 9 rings (SSSR count). The van der Waals surface area contributed by atoms with Gasteiger partial charge >= 0.3 is 0 Å². The highest BCUT2D eigenvalue weighted by Gasteiger charge is 2.59. The molecule has 0 bridgehead atoms. The fourth-order valence-corrected chi connectivity index (χ4v) is 14.8. The molecule has 1 N–H and O–H groups in total. The monoisotopic (exact) mass is 708 g/mol. The van der Waals surface area contributed by atoms with E-state index in [2.05, 4.69) is 68.6 Å². The van der Waals surface area contributed by atoms with E-state index in [0.717, 1.165) is 73.7 Å². The zero-order valence-electron chi connectivity index (χ0n) is 33.3. The molecule has 0 spiro atoms. The molecule has 0 radical (unpaired) electrons. The summed E-state index contributed by atoms with van der Waals surface area (Å²) in [6.07, 6.45) is 39.0. The van der Waals surface area contributed by atoms with Gasteiger partial charge in [0.25, 0.3) is 0 Å². The maximum Gasteiger partial charge on any atom is 0.154 e. The largest absolute Gasteiger partial charge is 0.368 e. The summed E-state index contributed by atoms with van der Waals surface area (Å²) in [5.74, 6) is 13.4. The first kappa shape index (κ1) is 38.1. The fourth-order valence-electron chi connectivity index (χ4n) is 14.8. The standard InChI is InChI=1S/C22H32.C21H29N3.C4H8O2/c1-5-16-7-9-19-18-8-6-17-14-15(2)10-12-22(17,4)20(18)11-13-21(16,19)3;1-4-14-6-8-18-17-7-5-15-13-16(23-24-22)9-11-21(15,3)19(17)10-12-20(14,18)2;5-4-2-1-3-6-4/h1,6,15-16,18-20H,7-14H2,2-4H3;1,5,14,16-19H,6-13H2,2-3H3;4-5H,1-3H2/t15-,16+,18?,19?,20?,21-,22+;14-,16+,17?,18?,19?,20+,21-;/m10./s1. The van der Waals surface area contributed by atoms with Crippen LogP contribution in [0.2, 0.25) is 0 Å². The number of allylic oxidation sites excluding steroid dienone is 3. The van der Waals surface area contributed by atoms with Crippen LogP contribution in [0.1, 0.15) is 150 Å². The van der Waals surface area contributed by atoms with Crippen molar-refractivity contribution in [1.82, 2.24) is 0 Å². The molecule has 5 heteroatoms. The molecular weight excluding hydrogens is 639 g/mol. The Kier molecular flexibility index (Phi) is 10.9. The van der Waals surface area contributed by atoms with Crippen LogP contribution in [0, 0.1) is 99.6 Å². The summed E-state index contributed by atoms with van der Waals surface area (Å²) in [7, 11) is 0. The Labute approximate surface area is 316 Å². The van der Waals surface area contributed by atoms with Crippen molar-refractivity contribution in [3.63, 3.8) is 0 Å². The van der Waals surface area contributed by atoms with Crippen molar-refractivity contribution in [2.24, 2.45) is 80.0 Å². The maximum atomic E-state index is 8.77. The van der Waals surface area contributed by atoms with Gasteiger partial charge in [-0.05, 0) is 178 Å². The van der Waals surface area contributed by atoms with Crippen LogP contribution >= 0.6 is 0 Å². The van der Waals surface area contributed by atoms with Crippen LogP contribution in [0.25, 0.3) is 10.4 Å². The Balaban J connectivity index is 0.000000140. The van der Waals surface area contributed by atoms with E-state index in [9.17, 15) is 0 Å². The summed E-state index contributed by atoms with van der Waals surface area (Å²) < 4.78 is 4.71. The molecule has 1 saturated heterocycles. The minimum Gasteiger partial charge on any atom is -0.368 e. The number of aliphatic hydroxyl groups is 1. The van der Waals surface area contributed by atoms with Crippen LogP contribution in [0.4, 0.5) is 0 Å². The molecule has 0 aromatic carbocycles. The molecule has 5 nitrogen and oxygen atoms in total. The Hall–Kier alpha value is -2.17. The third-order valence-corrected chi connectivity index (χ3v) is 18.0. The number of ether oxygens (including phenoxy) is 1. The molecule has 52 heavy (non-hydrogen) atoms. The Morgan fingerprint density at radius 2 is 1.27 bits per heavy atom. The van der Waals surface area contributed by atoms with E-state index in [0.29, 0.717) is 33.5 Å². The third-order valence-electron chi connectivity index (χ3n) is 18.0. The van der Waals surface area contributed by atoms with Crippen molar-refractivity contribution in [1.29, 1.82) is 0 Å². The molecule has 7 fully saturated rings. The summed E-state index contributed by atoms with van der Waals surface area (Å²) in [5.41, 5.74) is 13.8. The van der Waals surface area contributed by atoms with E-state index in [1.54, 1.807) is 5.57 Å². The second-order valence-electron chi connectivity index (χ2n) is 20.1. The predicted molar refractivity (Wildman–Crippen MR) is 211 cm³/mol. The van der Waals surface area contributed by atoms with Gasteiger partial charge in [-0.15, -0.1) is 24.7 Å². The zero-order valence-corrected chi connectivity index (χ0v) is 33.3. The SMILES string of the molecule is C#C[C@H]1CCC2C3CC=C4C[C@H](C)CC[C@]4(C)C3CC[C@@]21C.C#C[C@H]1CCC2C3CC=C4C[C@H](N=[N+]=[N-])CC[C@]4(C)C3CC[C@@]21C.OC1CCCO1. The van der Waals surface area contributed by atoms with E-state index >= 15 is 0 Å². The zero-order chi connectivity index (χ0) is 36.9. The van der Waals surface area contributed by atoms with Crippen molar-refractivity contribution in [2.75, 3.05) is 6.61 Å². The quantitative estimate of drug-likeness (QED) is 0.0968. The summed E-state index contributed by atoms with van der Waals surface area (Å²) >= 11 is 0. The molecule has 15 atom stereocenters. The average molecular weight is 708 g/mol. The summed E-state index contributed by atoms with van der Waals surface area (Å²) in [4.78, 5) is 3.05. The number of hydrogen-bond acceptors (Lipinski definition) is 3. The normalized spacial score (nSPS) is 49.7. The van der Waals surface area contributed by atoms with Gasteiger partial charge in [-0.1, -0.05) is 63.0 Å². The van der Waals surface area contributed by atoms with Crippen LogP contribution in [-0.2, 0) is 4.74 Å². The lowest BCUT2D eigenvalue weighted by molar-refractivity contribution is -0.0589. The minimum absolute atomic E-state index is 0.178. The van der Waals surface area contributed by atoms with Crippen molar-refractivity contribution in [2.45, 2.75) is 163 Å². The highest BCUT2D eigenvalue weighted by molar-refractivity contribution is 5.28. The number of terminal acetylenes is 2. The van der Waals surface area contributed by atoms with E-state index < -0.39 is 6.29 Å². The predicted octanol–water partition coefficient (Wildman–Crippen LogP) is 11.8. The molecule has 0 aromatic heterocycles. The maximum absolute atomic E-state index is 8.77. The van der Waals surface area contributed by atoms with E-state index in [1.807, 2.05) is 5.57 Å². The van der Waals surface area contributed by atoms with Gasteiger partial charge in [0.2, 0.25) is 0 Å². The van der Waals surface area contributed by atoms with Gasteiger partial charge in [-0.3, -0.25) is 0 Å². The lowest BCUT2D eigenvalue weighted by Gasteiger charge is -2.58. The number of aliphatic hydroxyl groups excluding tert-OH is 1. The second kappa shape index (κ2) is 14.8. The number of hydrogen-bond donors (Lipinski definition) is 1. The van der Waals surface area contributed by atoms with Crippen molar-refractivity contribution in [3.05, 3.63) is 33.7 Å². The van der Waals surface area contributed by atoms with Crippen LogP contribution in [-0.4, -0.2) is 24.0 Å². The van der Waals surface area contributed by atoms with Crippen LogP contribution < -0.4 is 0 Å². The van der Waals surface area contributed by atoms with E-state index in [4.69, 9.17) is 28.2 Å². The van der Waals surface area contributed by atoms with Gasteiger partial charge in [0, 0.05) is 35.8 Å². The first-order chi connectivity index (χ1) is 24.9. The molecular formula is C47H69N3O2. The number of fused-ring (bicyclic) bond motifs is 10. The molecule has 1 aliphatic heterocycles. The summed E-state index contributed by atoms with van der Waals surface area (Å²) in [6.45, 7) is 13.3. The van der Waals surface area contributed by atoms with Crippen LogP contribution in [0.3, 0.4) is 0 Å². The first-order valence-electron chi connectivity index (χ1n) is 21.6. The smallest absolute Gasteiger partial charge is 0.154 e. The van der Waals surface area contributed by atoms with Gasteiger partial charge in [-0.2, -0.15) is 0 Å². The summed E-state index contributed by atoms with van der Waals surface area (Å²) in [6, 6.07) is 0.178. The molecule has 0 amide bonds. The van der Waals surface area contributed by atoms with Gasteiger partial charge < -0.3 is 9.84 Å². The van der Waals surface area contributed by atoms with Crippen LogP contribution in [0.15, 0.2) is 28.4 Å². The second-order valence-corrected chi connectivity index (χ2v) is 20.1. The molecule has 7 unspecified atom stereocenters. The van der Waals surface area contributed by atoms with E-state index in [1.165, 1.54) is 89.9 Å². The molecule has 9 aliphatic rings. The number of azide groups is 1. The molecule has 0 aromatic rings. The summed E-state index contributed by atoms with van der Waals surface area (Å²) in [5, 5.41) is 12.5. The molecule has 1 heterocycles. The van der Waals surface area contributed by atoms with Gasteiger partial charge in [0.05, 0.1) is 0 Å². The average Bonchev–Trinajstić information content (AvgIpc) is 3.85. The Bertz CT molecular complexity index is 1520. The molecule has 6 saturated carbocycles. The number of rotatable bonds is 1. The van der Waals surface area contributed by atoms with Gasteiger partial charge in [-0.25, -0.2) is 0 Å². The number of nitrogens with zero attached hydrogens (tertiary/aromatic N) is 3. The van der Waals surface area contributed by atoms with E-state index in [-0.39, 0.29) is 6.04 Å². The molecule has 284 valence electrons. The fraction of sp³-hybridized carbons (Fsp3) is 0.830. The van der Waals surface area contributed by atoms with Gasteiger partial charge in [0.1, 0.15) is 0 Å². The first-order valence-corrected chi connectivity index (χ1v) is 21.6. The van der Waals surface area contributed by atoms with Crippen molar-refractivity contribution >= 4 is 0 Å². The lowest BCUT2D eigenvalue weighted by Crippen LogP contribution is -2.50. The third kappa shape index (κ3) is 6.42. The molecule has 8 aliphatic carbocycles. The van der Waals surface area contributed by atoms with Crippen LogP contribution in [0.5, 0.6) is 0 Å².